The number of halogens is 1. The zero-order valence-corrected chi connectivity index (χ0v) is 18.2. The van der Waals surface area contributed by atoms with Crippen LogP contribution in [0.4, 0.5) is 0 Å². The Balaban J connectivity index is 1.71. The van der Waals surface area contributed by atoms with Gasteiger partial charge >= 0.3 is 0 Å². The minimum atomic E-state index is 0.494. The lowest BCUT2D eigenvalue weighted by atomic mass is 10.2. The summed E-state index contributed by atoms with van der Waals surface area (Å²) in [5.74, 6) is 3.18. The van der Waals surface area contributed by atoms with E-state index in [0.29, 0.717) is 27.6 Å². The van der Waals surface area contributed by atoms with Crippen molar-refractivity contribution in [2.75, 3.05) is 7.11 Å². The summed E-state index contributed by atoms with van der Waals surface area (Å²) in [6.45, 7) is 2.08. The summed E-state index contributed by atoms with van der Waals surface area (Å²) in [7, 11) is 1.64. The lowest BCUT2D eigenvalue weighted by Gasteiger charge is -2.12. The number of hydrogen-bond acceptors (Lipinski definition) is 7. The molecule has 0 unspecified atom stereocenters. The number of aryl methyl sites for hydroxylation is 1. The molecule has 0 saturated carbocycles. The number of methoxy groups -OCH3 is 1. The number of para-hydroxylation sites is 1. The summed E-state index contributed by atoms with van der Waals surface area (Å²) in [5.41, 5.74) is 1.74. The molecule has 0 N–H and O–H groups in total. The van der Waals surface area contributed by atoms with Crippen LogP contribution in [-0.2, 0) is 12.2 Å². The standard InChI is InChI=1S/C21H20ClN5O2S/c1-3-6-18-23-19(29-26-18)13-30-21-25-24-20(16-7-4-5-8-17(16)28-2)27(21)15-11-9-14(22)10-12-15/h4-5,7-12H,3,6,13H2,1-2H3. The first-order valence-corrected chi connectivity index (χ1v) is 10.8. The Morgan fingerprint density at radius 3 is 2.67 bits per heavy atom. The second-order valence-corrected chi connectivity index (χ2v) is 7.84. The number of hydrogen-bond donors (Lipinski definition) is 0. The first-order chi connectivity index (χ1) is 14.7. The Kier molecular flexibility index (Phi) is 6.35. The van der Waals surface area contributed by atoms with Crippen molar-refractivity contribution in [1.82, 2.24) is 24.9 Å². The molecule has 4 aromatic rings. The smallest absolute Gasteiger partial charge is 0.237 e. The first kappa shape index (κ1) is 20.4. The van der Waals surface area contributed by atoms with Crippen molar-refractivity contribution < 1.29 is 9.26 Å². The third kappa shape index (κ3) is 4.34. The average molecular weight is 442 g/mol. The van der Waals surface area contributed by atoms with Crippen LogP contribution in [0.5, 0.6) is 5.75 Å². The monoisotopic (exact) mass is 441 g/mol. The minimum absolute atomic E-state index is 0.494. The van der Waals surface area contributed by atoms with Crippen molar-refractivity contribution in [2.45, 2.75) is 30.7 Å². The fourth-order valence-corrected chi connectivity index (χ4v) is 3.91. The molecule has 2 heterocycles. The molecule has 0 atom stereocenters. The average Bonchev–Trinajstić information content (AvgIpc) is 3.40. The lowest BCUT2D eigenvalue weighted by molar-refractivity contribution is 0.384. The summed E-state index contributed by atoms with van der Waals surface area (Å²) < 4.78 is 12.9. The third-order valence-electron chi connectivity index (χ3n) is 4.37. The highest BCUT2D eigenvalue weighted by atomic mass is 35.5. The Labute approximate surface area is 183 Å². The molecule has 154 valence electrons. The van der Waals surface area contributed by atoms with Crippen LogP contribution in [0, 0.1) is 0 Å². The van der Waals surface area contributed by atoms with Crippen LogP contribution < -0.4 is 4.74 Å². The van der Waals surface area contributed by atoms with Crippen molar-refractivity contribution >= 4 is 23.4 Å². The highest BCUT2D eigenvalue weighted by Crippen LogP contribution is 2.34. The van der Waals surface area contributed by atoms with Crippen molar-refractivity contribution in [3.8, 4) is 22.8 Å². The molecule has 0 spiro atoms. The van der Waals surface area contributed by atoms with Crippen LogP contribution in [-0.4, -0.2) is 32.0 Å². The molecule has 0 aliphatic rings. The van der Waals surface area contributed by atoms with Gasteiger partial charge in [0.25, 0.3) is 0 Å². The Morgan fingerprint density at radius 1 is 1.10 bits per heavy atom. The van der Waals surface area contributed by atoms with E-state index in [0.717, 1.165) is 35.7 Å². The van der Waals surface area contributed by atoms with Crippen LogP contribution in [0.15, 0.2) is 58.2 Å². The number of benzene rings is 2. The third-order valence-corrected chi connectivity index (χ3v) is 5.54. The van der Waals surface area contributed by atoms with E-state index < -0.39 is 0 Å². The van der Waals surface area contributed by atoms with E-state index in [1.165, 1.54) is 11.8 Å². The Bertz CT molecular complexity index is 1130. The largest absolute Gasteiger partial charge is 0.496 e. The van der Waals surface area contributed by atoms with E-state index in [4.69, 9.17) is 20.9 Å². The maximum absolute atomic E-state index is 6.09. The Hall–Kier alpha value is -2.84. The van der Waals surface area contributed by atoms with Gasteiger partial charge < -0.3 is 9.26 Å². The van der Waals surface area contributed by atoms with Gasteiger partial charge in [0.1, 0.15) is 5.75 Å². The normalized spacial score (nSPS) is 11.0. The quantitative estimate of drug-likeness (QED) is 0.346. The summed E-state index contributed by atoms with van der Waals surface area (Å²) in [4.78, 5) is 4.43. The fraction of sp³-hybridized carbons (Fsp3) is 0.238. The van der Waals surface area contributed by atoms with Crippen molar-refractivity contribution in [1.29, 1.82) is 0 Å². The van der Waals surface area contributed by atoms with E-state index in [2.05, 4.69) is 27.3 Å². The highest BCUT2D eigenvalue weighted by Gasteiger charge is 2.20. The van der Waals surface area contributed by atoms with E-state index in [9.17, 15) is 0 Å². The van der Waals surface area contributed by atoms with Crippen LogP contribution in [0.25, 0.3) is 17.1 Å². The predicted octanol–water partition coefficient (Wildman–Crippen LogP) is 5.22. The molecular formula is C21H20ClN5O2S. The molecular weight excluding hydrogens is 422 g/mol. The number of rotatable bonds is 8. The zero-order chi connectivity index (χ0) is 20.9. The van der Waals surface area contributed by atoms with E-state index in [1.807, 2.05) is 53.1 Å². The van der Waals surface area contributed by atoms with Gasteiger partial charge in [0, 0.05) is 17.1 Å². The van der Waals surface area contributed by atoms with Crippen LogP contribution >= 0.6 is 23.4 Å². The van der Waals surface area contributed by atoms with Crippen molar-refractivity contribution in [3.63, 3.8) is 0 Å². The molecule has 2 aromatic carbocycles. The van der Waals surface area contributed by atoms with Gasteiger partial charge in [-0.15, -0.1) is 10.2 Å². The molecule has 0 aliphatic heterocycles. The number of thioether (sulfide) groups is 1. The van der Waals surface area contributed by atoms with Gasteiger partial charge in [-0.05, 0) is 42.8 Å². The molecule has 2 aromatic heterocycles. The molecule has 7 nitrogen and oxygen atoms in total. The topological polar surface area (TPSA) is 78.9 Å². The van der Waals surface area contributed by atoms with Gasteiger partial charge in [-0.2, -0.15) is 4.98 Å². The molecule has 9 heteroatoms. The summed E-state index contributed by atoms with van der Waals surface area (Å²) in [6, 6.07) is 15.3. The summed E-state index contributed by atoms with van der Waals surface area (Å²) >= 11 is 7.57. The van der Waals surface area contributed by atoms with Crippen LogP contribution in [0.3, 0.4) is 0 Å². The maximum Gasteiger partial charge on any atom is 0.237 e. The second kappa shape index (κ2) is 9.32. The molecule has 0 aliphatic carbocycles. The number of nitrogens with zero attached hydrogens (tertiary/aromatic N) is 5. The van der Waals surface area contributed by atoms with Gasteiger partial charge in [-0.1, -0.05) is 47.6 Å². The predicted molar refractivity (Wildman–Crippen MR) is 116 cm³/mol. The number of aromatic nitrogens is 5. The van der Waals surface area contributed by atoms with Gasteiger partial charge in [0.2, 0.25) is 5.89 Å². The SMILES string of the molecule is CCCc1noc(CSc2nnc(-c3ccccc3OC)n2-c2ccc(Cl)cc2)n1. The zero-order valence-electron chi connectivity index (χ0n) is 16.6. The van der Waals surface area contributed by atoms with Gasteiger partial charge in [-0.3, -0.25) is 4.57 Å². The second-order valence-electron chi connectivity index (χ2n) is 6.46. The molecule has 0 fully saturated rings. The minimum Gasteiger partial charge on any atom is -0.496 e. The molecule has 30 heavy (non-hydrogen) atoms. The first-order valence-electron chi connectivity index (χ1n) is 9.48. The molecule has 0 saturated heterocycles. The van der Waals surface area contributed by atoms with E-state index in [1.54, 1.807) is 7.11 Å². The van der Waals surface area contributed by atoms with Gasteiger partial charge in [0.15, 0.2) is 16.8 Å². The molecule has 0 radical (unpaired) electrons. The molecule has 4 rings (SSSR count). The lowest BCUT2D eigenvalue weighted by Crippen LogP contribution is -2.01. The van der Waals surface area contributed by atoms with E-state index >= 15 is 0 Å². The van der Waals surface area contributed by atoms with Crippen LogP contribution in [0.1, 0.15) is 25.1 Å². The van der Waals surface area contributed by atoms with Crippen molar-refractivity contribution in [2.24, 2.45) is 0 Å². The molecule has 0 amide bonds. The molecule has 0 bridgehead atoms. The Morgan fingerprint density at radius 2 is 1.90 bits per heavy atom. The number of ether oxygens (including phenoxy) is 1. The fourth-order valence-electron chi connectivity index (χ4n) is 2.99. The summed E-state index contributed by atoms with van der Waals surface area (Å²) in [5, 5.41) is 14.2. The summed E-state index contributed by atoms with van der Waals surface area (Å²) in [6.07, 6.45) is 1.77. The van der Waals surface area contributed by atoms with Gasteiger partial charge in [-0.25, -0.2) is 0 Å². The maximum atomic E-state index is 6.09. The highest BCUT2D eigenvalue weighted by molar-refractivity contribution is 7.98. The van der Waals surface area contributed by atoms with Crippen molar-refractivity contribution in [3.05, 3.63) is 65.3 Å². The van der Waals surface area contributed by atoms with E-state index in [-0.39, 0.29) is 0 Å². The van der Waals surface area contributed by atoms with Crippen LogP contribution in [0.2, 0.25) is 5.02 Å². The van der Waals surface area contributed by atoms with Gasteiger partial charge in [0.05, 0.1) is 18.4 Å².